The van der Waals surface area contributed by atoms with Crippen molar-refractivity contribution in [2.75, 3.05) is 13.6 Å². The number of amides is 1. The third kappa shape index (κ3) is 6.00. The van der Waals surface area contributed by atoms with Crippen LogP contribution in [0, 0.1) is 5.92 Å². The van der Waals surface area contributed by atoms with Crippen molar-refractivity contribution < 1.29 is 17.2 Å². The Kier molecular flexibility index (Phi) is 9.95. The molecule has 182 valence electrons. The fraction of sp³-hybridized carbons (Fsp3) is 0.630. The first-order valence-electron chi connectivity index (χ1n) is 12.4. The molecule has 0 aromatic heterocycles. The van der Waals surface area contributed by atoms with Crippen LogP contribution >= 0.6 is 0 Å². The number of ether oxygens (including phenoxy) is 1. The minimum atomic E-state index is -0.629. The average Bonchev–Trinajstić information content (AvgIpc) is 2.82. The Labute approximate surface area is 197 Å². The summed E-state index contributed by atoms with van der Waals surface area (Å²) < 4.78 is 5.75. The SMILES string of the molecule is CC.CC[C@H](C)[C@H](NC(C)=O)C(=O)Oc1ccc2c(c1)C1=C(CCCC1)[C@@H](N(C)CC)C2.[HH].[HH]. The molecule has 5 heteroatoms. The number of carbonyl (C=O) groups is 2. The second kappa shape index (κ2) is 12.2. The van der Waals surface area contributed by atoms with Crippen LogP contribution in [0.3, 0.4) is 0 Å². The Morgan fingerprint density at radius 2 is 1.91 bits per heavy atom. The van der Waals surface area contributed by atoms with E-state index >= 15 is 0 Å². The second-order valence-electron chi connectivity index (χ2n) is 8.81. The first-order chi connectivity index (χ1) is 15.3. The van der Waals surface area contributed by atoms with E-state index in [2.05, 4.69) is 30.3 Å². The normalized spacial score (nSPS) is 19.2. The molecule has 32 heavy (non-hydrogen) atoms. The smallest absolute Gasteiger partial charge is 0.334 e. The van der Waals surface area contributed by atoms with E-state index in [-0.39, 0.29) is 14.7 Å². The quantitative estimate of drug-likeness (QED) is 0.421. The van der Waals surface area contributed by atoms with Crippen molar-refractivity contribution in [3.05, 3.63) is 34.9 Å². The fourth-order valence-corrected chi connectivity index (χ4v) is 4.72. The van der Waals surface area contributed by atoms with E-state index in [4.69, 9.17) is 4.74 Å². The van der Waals surface area contributed by atoms with Gasteiger partial charge in [0.15, 0.2) is 0 Å². The number of rotatable bonds is 7. The lowest BCUT2D eigenvalue weighted by molar-refractivity contribution is -0.140. The molecule has 2 aliphatic carbocycles. The van der Waals surface area contributed by atoms with Crippen molar-refractivity contribution in [1.82, 2.24) is 10.2 Å². The topological polar surface area (TPSA) is 58.6 Å². The number of hydrogen-bond donors (Lipinski definition) is 1. The Morgan fingerprint density at radius 1 is 1.22 bits per heavy atom. The molecule has 0 saturated carbocycles. The van der Waals surface area contributed by atoms with Gasteiger partial charge in [-0.05, 0) is 86.0 Å². The molecule has 3 atom stereocenters. The number of likely N-dealkylation sites (N-methyl/N-ethyl adjacent to an activating group) is 1. The zero-order valence-corrected chi connectivity index (χ0v) is 21.1. The molecular weight excluding hydrogens is 400 g/mol. The molecule has 0 bridgehead atoms. The molecule has 1 aromatic rings. The average molecular weight is 447 g/mol. The summed E-state index contributed by atoms with van der Waals surface area (Å²) in [5.74, 6) is -0.0309. The van der Waals surface area contributed by atoms with Crippen molar-refractivity contribution in [2.45, 2.75) is 92.2 Å². The van der Waals surface area contributed by atoms with Gasteiger partial charge in [-0.3, -0.25) is 9.69 Å². The molecule has 1 aromatic carbocycles. The van der Waals surface area contributed by atoms with E-state index in [1.807, 2.05) is 39.8 Å². The summed E-state index contributed by atoms with van der Waals surface area (Å²) in [4.78, 5) is 26.8. The largest absolute Gasteiger partial charge is 0.425 e. The first kappa shape index (κ1) is 26.1. The zero-order valence-electron chi connectivity index (χ0n) is 21.1. The van der Waals surface area contributed by atoms with Gasteiger partial charge in [0.25, 0.3) is 0 Å². The van der Waals surface area contributed by atoms with E-state index in [1.54, 1.807) is 5.57 Å². The van der Waals surface area contributed by atoms with Gasteiger partial charge in [0.2, 0.25) is 5.91 Å². The highest BCUT2D eigenvalue weighted by Gasteiger charge is 2.32. The van der Waals surface area contributed by atoms with Crippen LogP contribution in [0.25, 0.3) is 5.57 Å². The molecule has 0 aliphatic heterocycles. The molecule has 0 spiro atoms. The lowest BCUT2D eigenvalue weighted by Crippen LogP contribution is -2.46. The van der Waals surface area contributed by atoms with Crippen molar-refractivity contribution >= 4 is 17.4 Å². The maximum Gasteiger partial charge on any atom is 0.334 e. The third-order valence-electron chi connectivity index (χ3n) is 6.81. The van der Waals surface area contributed by atoms with E-state index in [9.17, 15) is 9.59 Å². The van der Waals surface area contributed by atoms with Gasteiger partial charge in [0.05, 0.1) is 0 Å². The van der Waals surface area contributed by atoms with Crippen molar-refractivity contribution in [1.29, 1.82) is 0 Å². The van der Waals surface area contributed by atoms with Crippen molar-refractivity contribution in [3.63, 3.8) is 0 Å². The highest BCUT2D eigenvalue weighted by molar-refractivity contribution is 5.85. The maximum absolute atomic E-state index is 12.8. The van der Waals surface area contributed by atoms with E-state index in [0.29, 0.717) is 11.8 Å². The van der Waals surface area contributed by atoms with Crippen LogP contribution in [0.15, 0.2) is 23.8 Å². The molecule has 0 saturated heterocycles. The van der Waals surface area contributed by atoms with Crippen LogP contribution in [0.2, 0.25) is 0 Å². The molecule has 0 fully saturated rings. The number of allylic oxidation sites excluding steroid dienone is 1. The molecule has 1 amide bonds. The van der Waals surface area contributed by atoms with Crippen LogP contribution in [-0.4, -0.2) is 42.5 Å². The molecule has 0 radical (unpaired) electrons. The maximum atomic E-state index is 12.8. The van der Waals surface area contributed by atoms with E-state index < -0.39 is 12.0 Å². The van der Waals surface area contributed by atoms with Crippen LogP contribution in [-0.2, 0) is 16.0 Å². The number of esters is 1. The second-order valence-corrected chi connectivity index (χ2v) is 8.81. The first-order valence-corrected chi connectivity index (χ1v) is 12.4. The molecule has 0 unspecified atom stereocenters. The summed E-state index contributed by atoms with van der Waals surface area (Å²) in [5.41, 5.74) is 5.60. The van der Waals surface area contributed by atoms with Crippen molar-refractivity contribution in [2.24, 2.45) is 5.92 Å². The van der Waals surface area contributed by atoms with Crippen LogP contribution in [0.4, 0.5) is 0 Å². The molecular formula is C27H46N2O3. The fourth-order valence-electron chi connectivity index (χ4n) is 4.72. The van der Waals surface area contributed by atoms with Gasteiger partial charge in [-0.1, -0.05) is 47.1 Å². The standard InChI is InChI=1S/C25H36N2O3.C2H6.2H2/c1-6-16(3)24(26-17(4)28)25(29)30-19-13-12-18-14-23(27(5)7-2)21-11-9-8-10-20(21)22(18)15-19;1-2;;/h12-13,15-16,23-24H,6-11,14H2,1-5H3,(H,26,28);1-2H3;2*1H/t16-,23-,24-;;;/m0.../s1. The van der Waals surface area contributed by atoms with E-state index in [1.165, 1.54) is 36.5 Å². The predicted molar refractivity (Wildman–Crippen MR) is 136 cm³/mol. The minimum Gasteiger partial charge on any atom is -0.425 e. The molecule has 0 heterocycles. The van der Waals surface area contributed by atoms with Gasteiger partial charge in [-0.2, -0.15) is 0 Å². The third-order valence-corrected chi connectivity index (χ3v) is 6.81. The minimum absolute atomic E-state index is 0. The van der Waals surface area contributed by atoms with E-state index in [0.717, 1.165) is 32.2 Å². The van der Waals surface area contributed by atoms with Crippen molar-refractivity contribution in [3.8, 4) is 5.75 Å². The number of nitrogens with one attached hydrogen (secondary N) is 1. The van der Waals surface area contributed by atoms with Crippen LogP contribution in [0.5, 0.6) is 5.75 Å². The number of benzene rings is 1. The Balaban J connectivity index is 0.00000265. The van der Waals surface area contributed by atoms with Gasteiger partial charge in [0, 0.05) is 15.8 Å². The van der Waals surface area contributed by atoms with Crippen LogP contribution in [0.1, 0.15) is 87.6 Å². The van der Waals surface area contributed by atoms with Gasteiger partial charge < -0.3 is 10.1 Å². The molecule has 1 N–H and O–H groups in total. The highest BCUT2D eigenvalue weighted by Crippen LogP contribution is 2.42. The number of carbonyl (C=O) groups excluding carboxylic acids is 2. The summed E-state index contributed by atoms with van der Waals surface area (Å²) in [7, 11) is 2.21. The summed E-state index contributed by atoms with van der Waals surface area (Å²) >= 11 is 0. The van der Waals surface area contributed by atoms with Crippen LogP contribution < -0.4 is 10.1 Å². The van der Waals surface area contributed by atoms with Gasteiger partial charge in [0.1, 0.15) is 11.8 Å². The van der Waals surface area contributed by atoms with Gasteiger partial charge in [-0.15, -0.1) is 0 Å². The number of fused-ring (bicyclic) bond motifs is 2. The van der Waals surface area contributed by atoms with Gasteiger partial charge in [-0.25, -0.2) is 4.79 Å². The summed E-state index contributed by atoms with van der Waals surface area (Å²) in [6.45, 7) is 12.6. The Morgan fingerprint density at radius 3 is 2.53 bits per heavy atom. The van der Waals surface area contributed by atoms with Gasteiger partial charge >= 0.3 is 5.97 Å². The number of nitrogens with zero attached hydrogens (tertiary/aromatic N) is 1. The highest BCUT2D eigenvalue weighted by atomic mass is 16.5. The summed E-state index contributed by atoms with van der Waals surface area (Å²) in [6, 6.07) is 5.90. The summed E-state index contributed by atoms with van der Waals surface area (Å²) in [6.07, 6.45) is 6.51. The number of hydrogen-bond acceptors (Lipinski definition) is 4. The Hall–Kier alpha value is -2.14. The molecule has 3 rings (SSSR count). The zero-order chi connectivity index (χ0) is 23.8. The summed E-state index contributed by atoms with van der Waals surface area (Å²) in [5, 5.41) is 2.75. The predicted octanol–water partition coefficient (Wildman–Crippen LogP) is 5.87. The molecule has 5 nitrogen and oxygen atoms in total. The lowest BCUT2D eigenvalue weighted by atomic mass is 9.75. The lowest BCUT2D eigenvalue weighted by Gasteiger charge is -2.38. The monoisotopic (exact) mass is 446 g/mol. The molecule has 2 aliphatic rings. The Bertz CT molecular complexity index is 841.